The molecule has 0 radical (unpaired) electrons. The lowest BCUT2D eigenvalue weighted by molar-refractivity contribution is -0.107. The quantitative estimate of drug-likeness (QED) is 0.694. The van der Waals surface area contributed by atoms with Crippen LogP contribution in [0.4, 0.5) is 5.69 Å². The fourth-order valence-corrected chi connectivity index (χ4v) is 1.24. The maximum atomic E-state index is 10.3. The van der Waals surface area contributed by atoms with Crippen molar-refractivity contribution in [3.8, 4) is 0 Å². The molecule has 0 atom stereocenters. The third-order valence-corrected chi connectivity index (χ3v) is 2.03. The van der Waals surface area contributed by atoms with Crippen LogP contribution in [-0.2, 0) is 9.59 Å². The summed E-state index contributed by atoms with van der Waals surface area (Å²) in [5.74, 6) is 0. The number of carbonyl (C=O) groups is 2. The van der Waals surface area contributed by atoms with Crippen LogP contribution in [0.2, 0.25) is 5.02 Å². The summed E-state index contributed by atoms with van der Waals surface area (Å²) in [6, 6.07) is 6.99. The van der Waals surface area contributed by atoms with E-state index in [4.69, 9.17) is 11.6 Å². The molecule has 0 fully saturated rings. The number of hydrogen-bond acceptors (Lipinski definition) is 3. The van der Waals surface area contributed by atoms with Crippen LogP contribution in [-0.4, -0.2) is 25.7 Å². The van der Waals surface area contributed by atoms with E-state index < -0.39 is 0 Å². The van der Waals surface area contributed by atoms with Gasteiger partial charge in [0.2, 0.25) is 0 Å². The Bertz CT molecular complexity index is 300. The number of anilines is 1. The normalized spacial score (nSPS) is 9.50. The summed E-state index contributed by atoms with van der Waals surface area (Å²) < 4.78 is 0. The number of hydrogen-bond donors (Lipinski definition) is 0. The molecule has 0 unspecified atom stereocenters. The van der Waals surface area contributed by atoms with E-state index in [-0.39, 0.29) is 13.1 Å². The standard InChI is InChI=1S/C10H10ClNO2/c11-9-1-3-10(4-2-9)12(5-7-13)6-8-14/h1-4,7-8H,5-6H2. The molecule has 1 aromatic rings. The number of nitrogens with zero attached hydrogens (tertiary/aromatic N) is 1. The highest BCUT2D eigenvalue weighted by molar-refractivity contribution is 6.30. The Morgan fingerprint density at radius 1 is 1.07 bits per heavy atom. The number of carbonyl (C=O) groups excluding carboxylic acids is 2. The topological polar surface area (TPSA) is 37.4 Å². The molecule has 0 heterocycles. The largest absolute Gasteiger partial charge is 0.357 e. The van der Waals surface area contributed by atoms with Crippen molar-refractivity contribution >= 4 is 29.9 Å². The van der Waals surface area contributed by atoms with Gasteiger partial charge in [0.1, 0.15) is 12.6 Å². The Hall–Kier alpha value is -1.35. The van der Waals surface area contributed by atoms with Crippen LogP contribution in [0, 0.1) is 0 Å². The van der Waals surface area contributed by atoms with Gasteiger partial charge >= 0.3 is 0 Å². The van der Waals surface area contributed by atoms with Crippen molar-refractivity contribution in [3.05, 3.63) is 29.3 Å². The van der Waals surface area contributed by atoms with Crippen LogP contribution >= 0.6 is 11.6 Å². The highest BCUT2D eigenvalue weighted by Crippen LogP contribution is 2.16. The van der Waals surface area contributed by atoms with Crippen LogP contribution in [0.5, 0.6) is 0 Å². The van der Waals surface area contributed by atoms with Gasteiger partial charge in [-0.25, -0.2) is 0 Å². The molecule has 74 valence electrons. The minimum atomic E-state index is 0.209. The highest BCUT2D eigenvalue weighted by atomic mass is 35.5. The molecule has 1 aromatic carbocycles. The third kappa shape index (κ3) is 2.85. The monoisotopic (exact) mass is 211 g/mol. The second kappa shape index (κ2) is 5.40. The molecule has 1 rings (SSSR count). The zero-order valence-electron chi connectivity index (χ0n) is 7.52. The van der Waals surface area contributed by atoms with E-state index in [1.54, 1.807) is 29.2 Å². The minimum absolute atomic E-state index is 0.209. The van der Waals surface area contributed by atoms with E-state index in [2.05, 4.69) is 0 Å². The molecule has 0 aliphatic carbocycles. The fourth-order valence-electron chi connectivity index (χ4n) is 1.12. The van der Waals surface area contributed by atoms with E-state index in [0.717, 1.165) is 18.3 Å². The first-order valence-corrected chi connectivity index (χ1v) is 4.53. The molecular formula is C10H10ClNO2. The lowest BCUT2D eigenvalue weighted by Crippen LogP contribution is -2.27. The zero-order chi connectivity index (χ0) is 10.4. The molecule has 0 bridgehead atoms. The molecule has 14 heavy (non-hydrogen) atoms. The molecule has 0 aromatic heterocycles. The molecule has 0 saturated heterocycles. The Morgan fingerprint density at radius 2 is 1.57 bits per heavy atom. The van der Waals surface area contributed by atoms with Crippen molar-refractivity contribution in [2.45, 2.75) is 0 Å². The van der Waals surface area contributed by atoms with Crippen molar-refractivity contribution < 1.29 is 9.59 Å². The van der Waals surface area contributed by atoms with E-state index in [0.29, 0.717) is 5.02 Å². The summed E-state index contributed by atoms with van der Waals surface area (Å²) in [7, 11) is 0. The fraction of sp³-hybridized carbons (Fsp3) is 0.200. The Morgan fingerprint density at radius 3 is 2.00 bits per heavy atom. The summed E-state index contributed by atoms with van der Waals surface area (Å²) in [5, 5.41) is 0.630. The number of halogens is 1. The average Bonchev–Trinajstić information content (AvgIpc) is 2.19. The zero-order valence-corrected chi connectivity index (χ0v) is 8.28. The van der Waals surface area contributed by atoms with Crippen molar-refractivity contribution in [1.82, 2.24) is 0 Å². The Balaban J connectivity index is 2.80. The maximum absolute atomic E-state index is 10.3. The lowest BCUT2D eigenvalue weighted by atomic mass is 10.3. The third-order valence-electron chi connectivity index (χ3n) is 1.78. The molecule has 0 N–H and O–H groups in total. The van der Waals surface area contributed by atoms with Gasteiger partial charge in [-0.05, 0) is 24.3 Å². The smallest absolute Gasteiger partial charge is 0.139 e. The summed E-state index contributed by atoms with van der Waals surface area (Å²) >= 11 is 5.71. The summed E-state index contributed by atoms with van der Waals surface area (Å²) in [4.78, 5) is 22.4. The first-order valence-electron chi connectivity index (χ1n) is 4.15. The SMILES string of the molecule is O=CCN(CC=O)c1ccc(Cl)cc1. The molecule has 0 aliphatic heterocycles. The van der Waals surface area contributed by atoms with Gasteiger partial charge in [-0.1, -0.05) is 11.6 Å². The van der Waals surface area contributed by atoms with Gasteiger partial charge in [-0.15, -0.1) is 0 Å². The summed E-state index contributed by atoms with van der Waals surface area (Å²) in [6.07, 6.45) is 1.52. The van der Waals surface area contributed by atoms with Crippen LogP contribution in [0.1, 0.15) is 0 Å². The summed E-state index contributed by atoms with van der Waals surface area (Å²) in [6.45, 7) is 0.417. The predicted octanol–water partition coefficient (Wildman–Crippen LogP) is 1.54. The van der Waals surface area contributed by atoms with Gasteiger partial charge < -0.3 is 14.5 Å². The van der Waals surface area contributed by atoms with E-state index in [1.165, 1.54) is 0 Å². The van der Waals surface area contributed by atoms with Crippen LogP contribution < -0.4 is 4.90 Å². The van der Waals surface area contributed by atoms with Crippen molar-refractivity contribution in [2.75, 3.05) is 18.0 Å². The van der Waals surface area contributed by atoms with Crippen LogP contribution in [0.15, 0.2) is 24.3 Å². The van der Waals surface area contributed by atoms with Gasteiger partial charge in [0.15, 0.2) is 0 Å². The first-order chi connectivity index (χ1) is 6.77. The van der Waals surface area contributed by atoms with Crippen molar-refractivity contribution in [1.29, 1.82) is 0 Å². The minimum Gasteiger partial charge on any atom is -0.357 e. The van der Waals surface area contributed by atoms with E-state index >= 15 is 0 Å². The van der Waals surface area contributed by atoms with Crippen LogP contribution in [0.3, 0.4) is 0 Å². The van der Waals surface area contributed by atoms with Gasteiger partial charge in [0.25, 0.3) is 0 Å². The Kier molecular flexibility index (Phi) is 4.13. The number of benzene rings is 1. The van der Waals surface area contributed by atoms with Gasteiger partial charge in [-0.3, -0.25) is 0 Å². The number of aldehydes is 2. The molecule has 0 amide bonds. The highest BCUT2D eigenvalue weighted by Gasteiger charge is 2.03. The molecular weight excluding hydrogens is 202 g/mol. The molecule has 4 heteroatoms. The predicted molar refractivity (Wildman–Crippen MR) is 55.8 cm³/mol. The first kappa shape index (κ1) is 10.7. The molecule has 0 aliphatic rings. The second-order valence-corrected chi connectivity index (χ2v) is 3.15. The van der Waals surface area contributed by atoms with Crippen molar-refractivity contribution in [3.63, 3.8) is 0 Å². The van der Waals surface area contributed by atoms with Gasteiger partial charge in [0, 0.05) is 10.7 Å². The number of rotatable bonds is 5. The molecule has 0 spiro atoms. The van der Waals surface area contributed by atoms with Crippen molar-refractivity contribution in [2.24, 2.45) is 0 Å². The van der Waals surface area contributed by atoms with Crippen LogP contribution in [0.25, 0.3) is 0 Å². The van der Waals surface area contributed by atoms with Gasteiger partial charge in [0.05, 0.1) is 13.1 Å². The second-order valence-electron chi connectivity index (χ2n) is 2.71. The van der Waals surface area contributed by atoms with E-state index in [9.17, 15) is 9.59 Å². The lowest BCUT2D eigenvalue weighted by Gasteiger charge is -2.19. The molecule has 3 nitrogen and oxygen atoms in total. The maximum Gasteiger partial charge on any atom is 0.139 e. The average molecular weight is 212 g/mol. The van der Waals surface area contributed by atoms with Gasteiger partial charge in [-0.2, -0.15) is 0 Å². The Labute approximate surface area is 87.3 Å². The molecule has 0 saturated carbocycles. The summed E-state index contributed by atoms with van der Waals surface area (Å²) in [5.41, 5.74) is 0.814. The van der Waals surface area contributed by atoms with E-state index in [1.807, 2.05) is 0 Å².